The summed E-state index contributed by atoms with van der Waals surface area (Å²) >= 11 is 11.5. The zero-order chi connectivity index (χ0) is 21.1. The second-order valence-corrected chi connectivity index (χ2v) is 10.1. The molecule has 0 fully saturated rings. The molecule has 2 aromatic carbocycles. The molecular formula is C16H14Cl2FNO6S2. The third-order valence-corrected chi connectivity index (χ3v) is 7.14. The first-order chi connectivity index (χ1) is 13.0. The number of sulfonamides is 1. The molecule has 0 aliphatic carbocycles. The van der Waals surface area contributed by atoms with E-state index in [4.69, 9.17) is 23.2 Å². The Balaban J connectivity index is 2.46. The Hall–Kier alpha value is -1.88. The minimum Gasteiger partial charge on any atom is -0.469 e. The molecule has 0 bridgehead atoms. The number of rotatable bonds is 7. The molecule has 152 valence electrons. The van der Waals surface area contributed by atoms with Gasteiger partial charge in [-0.2, -0.15) is 0 Å². The van der Waals surface area contributed by atoms with Crippen LogP contribution in [0.3, 0.4) is 0 Å². The Kier molecular flexibility index (Phi) is 6.92. The highest BCUT2D eigenvalue weighted by molar-refractivity contribution is 7.93. The molecule has 0 aliphatic heterocycles. The van der Waals surface area contributed by atoms with Crippen molar-refractivity contribution in [3.63, 3.8) is 0 Å². The molecule has 0 heterocycles. The topological polar surface area (TPSA) is 107 Å². The third-order valence-electron chi connectivity index (χ3n) is 3.51. The van der Waals surface area contributed by atoms with Gasteiger partial charge in [-0.1, -0.05) is 23.2 Å². The Morgan fingerprint density at radius 3 is 2.18 bits per heavy atom. The number of carbonyl (C=O) groups is 1. The third kappa shape index (κ3) is 5.34. The molecule has 12 heteroatoms. The van der Waals surface area contributed by atoms with E-state index in [0.717, 1.165) is 31.4 Å². The van der Waals surface area contributed by atoms with Gasteiger partial charge in [-0.15, -0.1) is 0 Å². The molecule has 28 heavy (non-hydrogen) atoms. The van der Waals surface area contributed by atoms with Crippen LogP contribution in [-0.4, -0.2) is 35.7 Å². The first-order valence-electron chi connectivity index (χ1n) is 7.53. The van der Waals surface area contributed by atoms with Gasteiger partial charge >= 0.3 is 5.97 Å². The van der Waals surface area contributed by atoms with Crippen molar-refractivity contribution >= 4 is 54.7 Å². The highest BCUT2D eigenvalue weighted by Crippen LogP contribution is 2.30. The fraction of sp³-hybridized carbons (Fsp3) is 0.188. The maximum Gasteiger partial charge on any atom is 0.306 e. The predicted molar refractivity (Wildman–Crippen MR) is 102 cm³/mol. The fourth-order valence-electron chi connectivity index (χ4n) is 2.18. The minimum atomic E-state index is -4.49. The van der Waals surface area contributed by atoms with Gasteiger partial charge in [0.15, 0.2) is 9.84 Å². The molecule has 2 rings (SSSR count). The van der Waals surface area contributed by atoms with Crippen LogP contribution in [0.4, 0.5) is 10.1 Å². The molecular weight excluding hydrogens is 456 g/mol. The van der Waals surface area contributed by atoms with Gasteiger partial charge in [0.05, 0.1) is 29.9 Å². The maximum absolute atomic E-state index is 14.0. The first-order valence-corrected chi connectivity index (χ1v) is 11.4. The second-order valence-electron chi connectivity index (χ2n) is 5.47. The average molecular weight is 470 g/mol. The van der Waals surface area contributed by atoms with Crippen molar-refractivity contribution in [1.29, 1.82) is 0 Å². The highest BCUT2D eigenvalue weighted by Gasteiger charge is 2.25. The molecule has 2 aromatic rings. The highest BCUT2D eigenvalue weighted by atomic mass is 35.5. The Bertz CT molecular complexity index is 1120. The average Bonchev–Trinajstić information content (AvgIpc) is 2.58. The van der Waals surface area contributed by atoms with Crippen LogP contribution in [0.2, 0.25) is 10.0 Å². The molecule has 0 saturated heterocycles. The number of hydrogen-bond donors (Lipinski definition) is 1. The standard InChI is InChI=1S/C16H14Cl2FNO6S2/c1-26-16(21)6-7-27(22,23)15-5-3-11(18)9-13(15)20-28(24,25)14-4-2-10(17)8-12(14)19/h2-5,8-9,20H,6-7H2,1H3. The molecule has 0 saturated carbocycles. The molecule has 0 aliphatic rings. The van der Waals surface area contributed by atoms with Crippen LogP contribution in [0.5, 0.6) is 0 Å². The second kappa shape index (κ2) is 8.64. The van der Waals surface area contributed by atoms with Crippen LogP contribution in [0, 0.1) is 5.82 Å². The number of anilines is 1. The van der Waals surface area contributed by atoms with Crippen molar-refractivity contribution in [2.75, 3.05) is 17.6 Å². The number of nitrogens with one attached hydrogen (secondary N) is 1. The zero-order valence-electron chi connectivity index (χ0n) is 14.3. The minimum absolute atomic E-state index is 0.00900. The van der Waals surface area contributed by atoms with Gasteiger partial charge in [-0.05, 0) is 36.4 Å². The summed E-state index contributed by atoms with van der Waals surface area (Å²) in [4.78, 5) is 10.1. The van der Waals surface area contributed by atoms with Crippen molar-refractivity contribution in [1.82, 2.24) is 0 Å². The van der Waals surface area contributed by atoms with Gasteiger partial charge in [0.25, 0.3) is 10.0 Å². The van der Waals surface area contributed by atoms with Gasteiger partial charge in [-0.3, -0.25) is 9.52 Å². The van der Waals surface area contributed by atoms with Crippen molar-refractivity contribution < 1.29 is 30.8 Å². The van der Waals surface area contributed by atoms with Crippen LogP contribution in [-0.2, 0) is 29.4 Å². The molecule has 7 nitrogen and oxygen atoms in total. The molecule has 0 amide bonds. The zero-order valence-corrected chi connectivity index (χ0v) is 17.4. The summed E-state index contributed by atoms with van der Waals surface area (Å²) in [6, 6.07) is 6.32. The van der Waals surface area contributed by atoms with E-state index in [9.17, 15) is 26.0 Å². The SMILES string of the molecule is COC(=O)CCS(=O)(=O)c1ccc(Cl)cc1NS(=O)(=O)c1ccc(Cl)cc1F. The Labute approximate surface area is 171 Å². The van der Waals surface area contributed by atoms with E-state index < -0.39 is 53.6 Å². The number of methoxy groups -OCH3 is 1. The summed E-state index contributed by atoms with van der Waals surface area (Å²) in [5, 5.41) is 0.0338. The quantitative estimate of drug-likeness (QED) is 0.623. The lowest BCUT2D eigenvalue weighted by atomic mass is 10.3. The monoisotopic (exact) mass is 469 g/mol. The number of hydrogen-bond acceptors (Lipinski definition) is 6. The van der Waals surface area contributed by atoms with E-state index in [0.29, 0.717) is 0 Å². The summed E-state index contributed by atoms with van der Waals surface area (Å²) in [5.74, 6) is -2.48. The Morgan fingerprint density at radius 2 is 1.61 bits per heavy atom. The molecule has 0 unspecified atom stereocenters. The predicted octanol–water partition coefficient (Wildman–Crippen LogP) is 3.27. The molecule has 0 aromatic heterocycles. The number of benzene rings is 2. The van der Waals surface area contributed by atoms with E-state index in [1.54, 1.807) is 0 Å². The number of ether oxygens (including phenoxy) is 1. The smallest absolute Gasteiger partial charge is 0.306 e. The van der Waals surface area contributed by atoms with Crippen LogP contribution < -0.4 is 4.72 Å². The van der Waals surface area contributed by atoms with Crippen LogP contribution in [0.15, 0.2) is 46.2 Å². The van der Waals surface area contributed by atoms with E-state index in [1.165, 1.54) is 12.1 Å². The van der Waals surface area contributed by atoms with Crippen LogP contribution in [0.1, 0.15) is 6.42 Å². The van der Waals surface area contributed by atoms with E-state index in [-0.39, 0.29) is 15.7 Å². The summed E-state index contributed by atoms with van der Waals surface area (Å²) in [5.41, 5.74) is -0.383. The molecule has 0 spiro atoms. The molecule has 0 radical (unpaired) electrons. The number of halogens is 3. The van der Waals surface area contributed by atoms with E-state index in [2.05, 4.69) is 4.74 Å². The van der Waals surface area contributed by atoms with Gasteiger partial charge in [0, 0.05) is 10.0 Å². The summed E-state index contributed by atoms with van der Waals surface area (Å²) in [6.07, 6.45) is -0.431. The largest absolute Gasteiger partial charge is 0.469 e. The lowest BCUT2D eigenvalue weighted by Gasteiger charge is -2.14. The summed E-state index contributed by atoms with van der Waals surface area (Å²) < 4.78 is 70.6. The van der Waals surface area contributed by atoms with Crippen molar-refractivity contribution in [3.05, 3.63) is 52.3 Å². The Morgan fingerprint density at radius 1 is 1.04 bits per heavy atom. The fourth-order valence-corrected chi connectivity index (χ4v) is 5.08. The van der Waals surface area contributed by atoms with E-state index >= 15 is 0 Å². The molecule has 1 N–H and O–H groups in total. The van der Waals surface area contributed by atoms with Gasteiger partial charge in [-0.25, -0.2) is 21.2 Å². The van der Waals surface area contributed by atoms with Crippen LogP contribution in [0.25, 0.3) is 0 Å². The van der Waals surface area contributed by atoms with Crippen molar-refractivity contribution in [3.8, 4) is 0 Å². The number of carbonyl (C=O) groups excluding carboxylic acids is 1. The normalized spacial score (nSPS) is 11.9. The van der Waals surface area contributed by atoms with Gasteiger partial charge in [0.2, 0.25) is 0 Å². The summed E-state index contributed by atoms with van der Waals surface area (Å²) in [7, 11) is -7.47. The lowest BCUT2D eigenvalue weighted by Crippen LogP contribution is -2.18. The first kappa shape index (κ1) is 22.4. The number of sulfone groups is 1. The number of esters is 1. The van der Waals surface area contributed by atoms with Crippen LogP contribution >= 0.6 is 23.2 Å². The van der Waals surface area contributed by atoms with Crippen molar-refractivity contribution in [2.45, 2.75) is 16.2 Å². The van der Waals surface area contributed by atoms with Gasteiger partial charge in [0.1, 0.15) is 10.7 Å². The maximum atomic E-state index is 14.0. The van der Waals surface area contributed by atoms with E-state index in [1.807, 2.05) is 4.72 Å². The molecule has 0 atom stereocenters. The lowest BCUT2D eigenvalue weighted by molar-refractivity contribution is -0.140. The van der Waals surface area contributed by atoms with Crippen molar-refractivity contribution in [2.24, 2.45) is 0 Å². The summed E-state index contributed by atoms with van der Waals surface area (Å²) in [6.45, 7) is 0. The van der Waals surface area contributed by atoms with Gasteiger partial charge < -0.3 is 4.74 Å².